The fraction of sp³-hybridized carbons (Fsp3) is 0.667. The average Bonchev–Trinajstić information content (AvgIpc) is 2.72. The summed E-state index contributed by atoms with van der Waals surface area (Å²) >= 11 is 1.81. The van der Waals surface area contributed by atoms with E-state index in [1.165, 1.54) is 0 Å². The molecule has 0 saturated carbocycles. The fourth-order valence-corrected chi connectivity index (χ4v) is 2.99. The third kappa shape index (κ3) is 1.48. The van der Waals surface area contributed by atoms with Crippen LogP contribution in [0.4, 0.5) is 0 Å². The van der Waals surface area contributed by atoms with Crippen LogP contribution >= 0.6 is 11.8 Å². The second kappa shape index (κ2) is 3.35. The minimum atomic E-state index is -0.628. The zero-order valence-electron chi connectivity index (χ0n) is 7.73. The van der Waals surface area contributed by atoms with Crippen LogP contribution in [0.5, 0.6) is 0 Å². The molecule has 0 amide bonds. The van der Waals surface area contributed by atoms with Gasteiger partial charge in [0.1, 0.15) is 5.60 Å². The van der Waals surface area contributed by atoms with Gasteiger partial charge in [-0.2, -0.15) is 16.9 Å². The third-order valence-corrected chi connectivity index (χ3v) is 3.67. The first-order valence-electron chi connectivity index (χ1n) is 4.59. The van der Waals surface area contributed by atoms with Gasteiger partial charge in [-0.3, -0.25) is 4.68 Å². The van der Waals surface area contributed by atoms with Gasteiger partial charge in [0.05, 0.1) is 5.69 Å². The molecule has 0 radical (unpaired) electrons. The quantitative estimate of drug-likeness (QED) is 0.776. The van der Waals surface area contributed by atoms with Gasteiger partial charge in [0.2, 0.25) is 0 Å². The van der Waals surface area contributed by atoms with E-state index in [0.29, 0.717) is 0 Å². The van der Waals surface area contributed by atoms with Gasteiger partial charge in [0.25, 0.3) is 0 Å². The van der Waals surface area contributed by atoms with Crippen molar-refractivity contribution >= 4 is 11.8 Å². The Morgan fingerprint density at radius 1 is 1.77 bits per heavy atom. The molecule has 13 heavy (non-hydrogen) atoms. The van der Waals surface area contributed by atoms with Gasteiger partial charge < -0.3 is 5.11 Å². The summed E-state index contributed by atoms with van der Waals surface area (Å²) in [6.07, 6.45) is 2.61. The standard InChI is InChI=1S/C9H14N2OS/c1-2-11-8(3-5-10-11)9(12)4-6-13-7-9/h3,5,12H,2,4,6-7H2,1H3. The lowest BCUT2D eigenvalue weighted by atomic mass is 9.99. The van der Waals surface area contributed by atoms with Crippen LogP contribution in [0.3, 0.4) is 0 Å². The van der Waals surface area contributed by atoms with Crippen LogP contribution in [0.1, 0.15) is 19.0 Å². The molecule has 2 rings (SSSR count). The van der Waals surface area contributed by atoms with Gasteiger partial charge in [-0.05, 0) is 25.2 Å². The lowest BCUT2D eigenvalue weighted by Gasteiger charge is -2.21. The van der Waals surface area contributed by atoms with Gasteiger partial charge in [0.15, 0.2) is 0 Å². The number of thioether (sulfide) groups is 1. The summed E-state index contributed by atoms with van der Waals surface area (Å²) in [7, 11) is 0. The predicted molar refractivity (Wildman–Crippen MR) is 53.7 cm³/mol. The van der Waals surface area contributed by atoms with E-state index in [-0.39, 0.29) is 0 Å². The first-order chi connectivity index (χ1) is 6.26. The highest BCUT2D eigenvalue weighted by Crippen LogP contribution is 2.36. The monoisotopic (exact) mass is 198 g/mol. The van der Waals surface area contributed by atoms with E-state index >= 15 is 0 Å². The molecule has 1 aromatic heterocycles. The zero-order valence-corrected chi connectivity index (χ0v) is 8.55. The van der Waals surface area contributed by atoms with Crippen LogP contribution in [-0.4, -0.2) is 26.4 Å². The van der Waals surface area contributed by atoms with Crippen LogP contribution in [0.2, 0.25) is 0 Å². The number of aromatic nitrogens is 2. The van der Waals surface area contributed by atoms with E-state index in [2.05, 4.69) is 5.10 Å². The highest BCUT2D eigenvalue weighted by Gasteiger charge is 2.36. The Bertz CT molecular complexity index is 292. The van der Waals surface area contributed by atoms with E-state index in [1.807, 2.05) is 29.4 Å². The van der Waals surface area contributed by atoms with E-state index in [0.717, 1.165) is 30.2 Å². The molecule has 72 valence electrons. The minimum Gasteiger partial charge on any atom is -0.383 e. The van der Waals surface area contributed by atoms with Crippen molar-refractivity contribution in [2.45, 2.75) is 25.5 Å². The Morgan fingerprint density at radius 2 is 2.62 bits per heavy atom. The van der Waals surface area contributed by atoms with Crippen molar-refractivity contribution in [1.82, 2.24) is 9.78 Å². The molecule has 3 nitrogen and oxygen atoms in total. The second-order valence-electron chi connectivity index (χ2n) is 3.37. The molecule has 1 aliphatic rings. The van der Waals surface area contributed by atoms with Gasteiger partial charge in [0, 0.05) is 18.5 Å². The SMILES string of the molecule is CCn1nccc1C1(O)CCSC1. The summed E-state index contributed by atoms with van der Waals surface area (Å²) in [5.41, 5.74) is 0.344. The van der Waals surface area contributed by atoms with E-state index in [4.69, 9.17) is 0 Å². The third-order valence-electron chi connectivity index (χ3n) is 2.49. The minimum absolute atomic E-state index is 0.628. The van der Waals surface area contributed by atoms with Crippen molar-refractivity contribution in [3.8, 4) is 0 Å². The number of nitrogens with zero attached hydrogens (tertiary/aromatic N) is 2. The molecule has 1 atom stereocenters. The second-order valence-corrected chi connectivity index (χ2v) is 4.47. The van der Waals surface area contributed by atoms with Crippen molar-refractivity contribution < 1.29 is 5.11 Å². The maximum Gasteiger partial charge on any atom is 0.116 e. The summed E-state index contributed by atoms with van der Waals surface area (Å²) in [6.45, 7) is 2.87. The van der Waals surface area contributed by atoms with E-state index < -0.39 is 5.60 Å². The fourth-order valence-electron chi connectivity index (χ4n) is 1.74. The van der Waals surface area contributed by atoms with Crippen LogP contribution in [0, 0.1) is 0 Å². The van der Waals surface area contributed by atoms with Crippen molar-refractivity contribution in [2.24, 2.45) is 0 Å². The van der Waals surface area contributed by atoms with Crippen LogP contribution in [0.15, 0.2) is 12.3 Å². The molecular formula is C9H14N2OS. The van der Waals surface area contributed by atoms with Crippen molar-refractivity contribution in [3.05, 3.63) is 18.0 Å². The van der Waals surface area contributed by atoms with Crippen molar-refractivity contribution in [3.63, 3.8) is 0 Å². The Labute approximate surface area is 82.1 Å². The smallest absolute Gasteiger partial charge is 0.116 e. The lowest BCUT2D eigenvalue weighted by molar-refractivity contribution is 0.0560. The highest BCUT2D eigenvalue weighted by molar-refractivity contribution is 7.99. The van der Waals surface area contributed by atoms with Crippen molar-refractivity contribution in [1.29, 1.82) is 0 Å². The molecule has 4 heteroatoms. The number of rotatable bonds is 2. The molecule has 1 saturated heterocycles. The summed E-state index contributed by atoms with van der Waals surface area (Å²) in [5, 5.41) is 14.5. The van der Waals surface area contributed by atoms with Crippen LogP contribution < -0.4 is 0 Å². The molecular weight excluding hydrogens is 184 g/mol. The van der Waals surface area contributed by atoms with E-state index in [9.17, 15) is 5.11 Å². The van der Waals surface area contributed by atoms with E-state index in [1.54, 1.807) is 6.20 Å². The maximum atomic E-state index is 10.3. The average molecular weight is 198 g/mol. The van der Waals surface area contributed by atoms with Crippen LogP contribution in [-0.2, 0) is 12.1 Å². The molecule has 1 aromatic rings. The van der Waals surface area contributed by atoms with Crippen LogP contribution in [0.25, 0.3) is 0 Å². The Balaban J connectivity index is 2.32. The van der Waals surface area contributed by atoms with Gasteiger partial charge >= 0.3 is 0 Å². The number of hydrogen-bond acceptors (Lipinski definition) is 3. The Kier molecular flexibility index (Phi) is 2.34. The topological polar surface area (TPSA) is 38.0 Å². The molecule has 0 aliphatic carbocycles. The normalized spacial score (nSPS) is 28.2. The number of aryl methyl sites for hydroxylation is 1. The first-order valence-corrected chi connectivity index (χ1v) is 5.74. The summed E-state index contributed by atoms with van der Waals surface area (Å²) in [4.78, 5) is 0. The zero-order chi connectivity index (χ0) is 9.31. The van der Waals surface area contributed by atoms with Crippen molar-refractivity contribution in [2.75, 3.05) is 11.5 Å². The molecule has 1 N–H and O–H groups in total. The Hall–Kier alpha value is -0.480. The highest BCUT2D eigenvalue weighted by atomic mass is 32.2. The molecule has 1 aliphatic heterocycles. The van der Waals surface area contributed by atoms with Gasteiger partial charge in [-0.1, -0.05) is 0 Å². The van der Waals surface area contributed by atoms with Gasteiger partial charge in [-0.15, -0.1) is 0 Å². The summed E-state index contributed by atoms with van der Waals surface area (Å²) in [6, 6.07) is 1.93. The molecule has 1 fully saturated rings. The Morgan fingerprint density at radius 3 is 3.23 bits per heavy atom. The summed E-state index contributed by atoms with van der Waals surface area (Å²) in [5.74, 6) is 1.85. The number of aliphatic hydroxyl groups is 1. The molecule has 0 bridgehead atoms. The molecule has 1 unspecified atom stereocenters. The maximum absolute atomic E-state index is 10.3. The summed E-state index contributed by atoms with van der Waals surface area (Å²) < 4.78 is 1.88. The van der Waals surface area contributed by atoms with Gasteiger partial charge in [-0.25, -0.2) is 0 Å². The molecule has 2 heterocycles. The molecule has 0 spiro atoms. The first kappa shape index (κ1) is 9.09. The number of hydrogen-bond donors (Lipinski definition) is 1. The predicted octanol–water partition coefficient (Wildman–Crippen LogP) is 1.23. The molecule has 0 aromatic carbocycles. The largest absolute Gasteiger partial charge is 0.383 e. The lowest BCUT2D eigenvalue weighted by Crippen LogP contribution is -2.28.